The van der Waals surface area contributed by atoms with Gasteiger partial charge in [0.2, 0.25) is 11.8 Å². The molecule has 1 aliphatic carbocycles. The van der Waals surface area contributed by atoms with Gasteiger partial charge >= 0.3 is 6.01 Å². The Morgan fingerprint density at radius 1 is 1.28 bits per heavy atom. The van der Waals surface area contributed by atoms with Crippen LogP contribution in [0.4, 0.5) is 6.01 Å². The summed E-state index contributed by atoms with van der Waals surface area (Å²) in [5.41, 5.74) is 0. The summed E-state index contributed by atoms with van der Waals surface area (Å²) in [5.74, 6) is 2.65. The molecular formula is C11H15N5O2. The van der Waals surface area contributed by atoms with Gasteiger partial charge in [-0.05, 0) is 12.8 Å². The van der Waals surface area contributed by atoms with E-state index in [-0.39, 0.29) is 0 Å². The van der Waals surface area contributed by atoms with Crippen LogP contribution in [0.2, 0.25) is 0 Å². The Morgan fingerprint density at radius 2 is 2.17 bits per heavy atom. The minimum atomic E-state index is 0.439. The van der Waals surface area contributed by atoms with Crippen LogP contribution in [0.25, 0.3) is 0 Å². The first-order valence-electron chi connectivity index (χ1n) is 6.24. The Bertz CT molecular complexity index is 517. The monoisotopic (exact) mass is 249 g/mol. The Balaban J connectivity index is 1.48. The van der Waals surface area contributed by atoms with E-state index < -0.39 is 0 Å². The summed E-state index contributed by atoms with van der Waals surface area (Å²) < 4.78 is 10.5. The molecule has 18 heavy (non-hydrogen) atoms. The number of hydrogen-bond acceptors (Lipinski definition) is 7. The van der Waals surface area contributed by atoms with Crippen molar-refractivity contribution in [2.45, 2.75) is 38.5 Å². The number of nitrogens with one attached hydrogen (secondary N) is 1. The van der Waals surface area contributed by atoms with Crippen LogP contribution in [0.15, 0.2) is 8.94 Å². The van der Waals surface area contributed by atoms with Crippen LogP contribution in [0.3, 0.4) is 0 Å². The molecule has 0 aliphatic heterocycles. The highest BCUT2D eigenvalue weighted by Crippen LogP contribution is 2.38. The molecule has 2 heterocycles. The van der Waals surface area contributed by atoms with Crippen LogP contribution in [0, 0.1) is 0 Å². The van der Waals surface area contributed by atoms with Crippen LogP contribution in [-0.2, 0) is 12.8 Å². The molecule has 0 spiro atoms. The van der Waals surface area contributed by atoms with E-state index in [1.54, 1.807) is 0 Å². The highest BCUT2D eigenvalue weighted by molar-refractivity contribution is 5.17. The van der Waals surface area contributed by atoms with Crippen molar-refractivity contribution in [3.63, 3.8) is 0 Å². The molecule has 7 nitrogen and oxygen atoms in total. The van der Waals surface area contributed by atoms with Crippen LogP contribution in [-0.4, -0.2) is 26.9 Å². The highest BCUT2D eigenvalue weighted by Gasteiger charge is 2.28. The van der Waals surface area contributed by atoms with Crippen molar-refractivity contribution in [3.8, 4) is 0 Å². The topological polar surface area (TPSA) is 89.9 Å². The maximum Gasteiger partial charge on any atom is 0.315 e. The number of aromatic nitrogens is 4. The lowest BCUT2D eigenvalue weighted by Gasteiger charge is -1.96. The fourth-order valence-electron chi connectivity index (χ4n) is 1.62. The normalized spacial score (nSPS) is 14.9. The summed E-state index contributed by atoms with van der Waals surface area (Å²) >= 11 is 0. The Morgan fingerprint density at radius 3 is 2.89 bits per heavy atom. The SMILES string of the molecule is CCc1nnc(NCCc2nc(C3CC3)no2)o1. The van der Waals surface area contributed by atoms with Crippen molar-refractivity contribution in [2.75, 3.05) is 11.9 Å². The van der Waals surface area contributed by atoms with E-state index in [2.05, 4.69) is 25.7 Å². The Kier molecular flexibility index (Phi) is 2.95. The van der Waals surface area contributed by atoms with Gasteiger partial charge in [-0.3, -0.25) is 0 Å². The van der Waals surface area contributed by atoms with E-state index in [9.17, 15) is 0 Å². The molecule has 96 valence electrons. The van der Waals surface area contributed by atoms with E-state index in [1.165, 1.54) is 12.8 Å². The van der Waals surface area contributed by atoms with Crippen molar-refractivity contribution in [1.29, 1.82) is 0 Å². The molecule has 0 radical (unpaired) electrons. The van der Waals surface area contributed by atoms with Crippen molar-refractivity contribution < 1.29 is 8.94 Å². The van der Waals surface area contributed by atoms with Gasteiger partial charge in [0.1, 0.15) is 0 Å². The van der Waals surface area contributed by atoms with Crippen molar-refractivity contribution in [3.05, 3.63) is 17.6 Å². The summed E-state index contributed by atoms with van der Waals surface area (Å²) in [4.78, 5) is 4.34. The molecule has 0 saturated heterocycles. The minimum absolute atomic E-state index is 0.439. The zero-order valence-corrected chi connectivity index (χ0v) is 10.2. The molecule has 1 aliphatic rings. The summed E-state index contributed by atoms with van der Waals surface area (Å²) in [6.07, 6.45) is 3.75. The van der Waals surface area contributed by atoms with E-state index >= 15 is 0 Å². The second kappa shape index (κ2) is 4.75. The average Bonchev–Trinajstić information content (AvgIpc) is 2.96. The van der Waals surface area contributed by atoms with Gasteiger partial charge in [-0.2, -0.15) is 4.98 Å². The van der Waals surface area contributed by atoms with Crippen LogP contribution in [0.1, 0.15) is 43.3 Å². The average molecular weight is 249 g/mol. The lowest BCUT2D eigenvalue weighted by Crippen LogP contribution is -2.05. The van der Waals surface area contributed by atoms with Gasteiger partial charge in [-0.1, -0.05) is 17.2 Å². The van der Waals surface area contributed by atoms with Gasteiger partial charge in [0.05, 0.1) is 0 Å². The fraction of sp³-hybridized carbons (Fsp3) is 0.636. The first kappa shape index (κ1) is 11.2. The summed E-state index contributed by atoms with van der Waals surface area (Å²) in [6, 6.07) is 0.439. The highest BCUT2D eigenvalue weighted by atomic mass is 16.5. The summed E-state index contributed by atoms with van der Waals surface area (Å²) in [6.45, 7) is 2.60. The molecule has 1 saturated carbocycles. The summed E-state index contributed by atoms with van der Waals surface area (Å²) in [7, 11) is 0. The quantitative estimate of drug-likeness (QED) is 0.830. The first-order chi connectivity index (χ1) is 8.85. The second-order valence-corrected chi connectivity index (χ2v) is 4.35. The molecule has 0 unspecified atom stereocenters. The molecule has 2 aromatic rings. The van der Waals surface area contributed by atoms with Crippen molar-refractivity contribution in [1.82, 2.24) is 20.3 Å². The maximum absolute atomic E-state index is 5.32. The predicted octanol–water partition coefficient (Wildman–Crippen LogP) is 1.55. The molecular weight excluding hydrogens is 234 g/mol. The standard InChI is InChI=1S/C11H15N5O2/c1-2-8-14-15-11(17-8)12-6-5-9-13-10(16-18-9)7-3-4-7/h7H,2-6H2,1H3,(H,12,15). The molecule has 1 fully saturated rings. The van der Waals surface area contributed by atoms with Gasteiger partial charge in [0.25, 0.3) is 0 Å². The van der Waals surface area contributed by atoms with Crippen molar-refractivity contribution in [2.24, 2.45) is 0 Å². The summed E-state index contributed by atoms with van der Waals surface area (Å²) in [5, 5.41) is 14.7. The van der Waals surface area contributed by atoms with Crippen LogP contribution < -0.4 is 5.32 Å². The molecule has 1 N–H and O–H groups in total. The third-order valence-electron chi connectivity index (χ3n) is 2.81. The van der Waals surface area contributed by atoms with Gasteiger partial charge in [0, 0.05) is 25.3 Å². The molecule has 2 aromatic heterocycles. The van der Waals surface area contributed by atoms with E-state index in [1.807, 2.05) is 6.92 Å². The Labute approximate surface area is 104 Å². The molecule has 3 rings (SSSR count). The zero-order chi connectivity index (χ0) is 12.4. The lowest BCUT2D eigenvalue weighted by atomic mass is 10.4. The second-order valence-electron chi connectivity index (χ2n) is 4.35. The van der Waals surface area contributed by atoms with Gasteiger partial charge in [-0.15, -0.1) is 5.10 Å². The largest absolute Gasteiger partial charge is 0.408 e. The molecule has 0 bridgehead atoms. The van der Waals surface area contributed by atoms with Gasteiger partial charge < -0.3 is 14.3 Å². The van der Waals surface area contributed by atoms with Crippen LogP contribution >= 0.6 is 0 Å². The fourth-order valence-corrected chi connectivity index (χ4v) is 1.62. The molecule has 0 aromatic carbocycles. The first-order valence-corrected chi connectivity index (χ1v) is 6.24. The number of rotatable bonds is 6. The lowest BCUT2D eigenvalue weighted by molar-refractivity contribution is 0.375. The third-order valence-corrected chi connectivity index (χ3v) is 2.81. The zero-order valence-electron chi connectivity index (χ0n) is 10.2. The van der Waals surface area contributed by atoms with Gasteiger partial charge in [-0.25, -0.2) is 0 Å². The predicted molar refractivity (Wildman–Crippen MR) is 62.1 cm³/mol. The maximum atomic E-state index is 5.32. The number of anilines is 1. The van der Waals surface area contributed by atoms with E-state index in [0.29, 0.717) is 36.7 Å². The third kappa shape index (κ3) is 2.49. The Hall–Kier alpha value is -1.92. The molecule has 0 atom stereocenters. The van der Waals surface area contributed by atoms with Crippen molar-refractivity contribution >= 4 is 6.01 Å². The molecule has 0 amide bonds. The molecule has 7 heteroatoms. The number of nitrogens with zero attached hydrogens (tertiary/aromatic N) is 4. The van der Waals surface area contributed by atoms with E-state index in [4.69, 9.17) is 8.94 Å². The number of hydrogen-bond donors (Lipinski definition) is 1. The smallest absolute Gasteiger partial charge is 0.315 e. The van der Waals surface area contributed by atoms with E-state index in [0.717, 1.165) is 12.2 Å². The minimum Gasteiger partial charge on any atom is -0.408 e. The van der Waals surface area contributed by atoms with Gasteiger partial charge in [0.15, 0.2) is 5.82 Å². The van der Waals surface area contributed by atoms with Crippen LogP contribution in [0.5, 0.6) is 0 Å². The number of aryl methyl sites for hydroxylation is 1.